The third-order valence-corrected chi connectivity index (χ3v) is 11.4. The Morgan fingerprint density at radius 1 is 0.889 bits per heavy atom. The average molecular weight is 713 g/mol. The SMILES string of the molecule is O=C1[C@H]2[C@H](CC=C3[C@H]2C[C@@]2(Cl)C(=O)N(CBr)C(=O)[C@@]2(Cl)[C@H]3c2cccc(F)c2O)C(=O)N1c1ccc(Nc2ccccc2)cc1. The van der Waals surface area contributed by atoms with Crippen LogP contribution < -0.4 is 10.2 Å². The van der Waals surface area contributed by atoms with Crippen molar-refractivity contribution in [2.45, 2.75) is 28.5 Å². The summed E-state index contributed by atoms with van der Waals surface area (Å²) >= 11 is 17.5. The van der Waals surface area contributed by atoms with E-state index in [0.29, 0.717) is 11.3 Å². The van der Waals surface area contributed by atoms with E-state index >= 15 is 0 Å². The molecule has 2 heterocycles. The van der Waals surface area contributed by atoms with Gasteiger partial charge in [-0.25, -0.2) is 4.39 Å². The van der Waals surface area contributed by atoms with Gasteiger partial charge in [0.05, 0.1) is 23.0 Å². The molecular formula is C33H25BrCl2FN3O5. The number of anilines is 3. The first-order valence-corrected chi connectivity index (χ1v) is 16.2. The topological polar surface area (TPSA) is 107 Å². The third-order valence-electron chi connectivity index (χ3n) is 9.53. The van der Waals surface area contributed by atoms with Gasteiger partial charge in [0.15, 0.2) is 21.3 Å². The minimum Gasteiger partial charge on any atom is -0.505 e. The van der Waals surface area contributed by atoms with E-state index < -0.39 is 68.6 Å². The summed E-state index contributed by atoms with van der Waals surface area (Å²) in [5.74, 6) is -7.83. The summed E-state index contributed by atoms with van der Waals surface area (Å²) in [6.07, 6.45) is 1.67. The number of carbonyl (C=O) groups is 4. The molecule has 4 aliphatic rings. The number of rotatable bonds is 5. The van der Waals surface area contributed by atoms with Crippen molar-refractivity contribution in [1.29, 1.82) is 0 Å². The van der Waals surface area contributed by atoms with Crippen LogP contribution in [-0.2, 0) is 19.2 Å². The molecule has 3 fully saturated rings. The molecule has 4 amide bonds. The first kappa shape index (κ1) is 30.0. The lowest BCUT2D eigenvalue weighted by molar-refractivity contribution is -0.138. The zero-order valence-electron chi connectivity index (χ0n) is 23.4. The fraction of sp³-hybridized carbons (Fsp3) is 0.273. The summed E-state index contributed by atoms with van der Waals surface area (Å²) in [5.41, 5.74) is 2.27. The Bertz CT molecular complexity index is 1810. The lowest BCUT2D eigenvalue weighted by atomic mass is 9.56. The summed E-state index contributed by atoms with van der Waals surface area (Å²) in [7, 11) is 0. The summed E-state index contributed by atoms with van der Waals surface area (Å²) in [4.78, 5) is 53.4. The predicted molar refractivity (Wildman–Crippen MR) is 170 cm³/mol. The van der Waals surface area contributed by atoms with E-state index in [1.165, 1.54) is 12.1 Å². The molecule has 12 heteroatoms. The fourth-order valence-corrected chi connectivity index (χ4v) is 8.92. The molecule has 2 N–H and O–H groups in total. The highest BCUT2D eigenvalue weighted by Gasteiger charge is 2.76. The number of imide groups is 2. The van der Waals surface area contributed by atoms with Crippen LogP contribution in [0.2, 0.25) is 0 Å². The van der Waals surface area contributed by atoms with Gasteiger partial charge < -0.3 is 10.4 Å². The second kappa shape index (κ2) is 10.7. The molecule has 2 aliphatic heterocycles. The summed E-state index contributed by atoms with van der Waals surface area (Å²) in [5, 5.41) is 14.1. The molecule has 6 atom stereocenters. The predicted octanol–water partition coefficient (Wildman–Crippen LogP) is 6.19. The Morgan fingerprint density at radius 2 is 1.58 bits per heavy atom. The van der Waals surface area contributed by atoms with Gasteiger partial charge in [-0.15, -0.1) is 23.2 Å². The zero-order chi connectivity index (χ0) is 31.8. The van der Waals surface area contributed by atoms with E-state index in [1.807, 2.05) is 30.3 Å². The van der Waals surface area contributed by atoms with Crippen molar-refractivity contribution in [3.05, 3.63) is 95.8 Å². The first-order chi connectivity index (χ1) is 21.5. The van der Waals surface area contributed by atoms with Gasteiger partial charge in [-0.1, -0.05) is 57.9 Å². The van der Waals surface area contributed by atoms with Crippen LogP contribution in [0.5, 0.6) is 5.75 Å². The molecule has 2 aliphatic carbocycles. The van der Waals surface area contributed by atoms with Crippen molar-refractivity contribution in [1.82, 2.24) is 4.90 Å². The molecule has 3 aromatic carbocycles. The second-order valence-corrected chi connectivity index (χ2v) is 13.5. The average Bonchev–Trinajstić information content (AvgIpc) is 3.37. The van der Waals surface area contributed by atoms with Crippen molar-refractivity contribution in [2.75, 3.05) is 15.7 Å². The number of amides is 4. The minimum atomic E-state index is -2.13. The van der Waals surface area contributed by atoms with Crippen LogP contribution in [-0.4, -0.2) is 48.8 Å². The Morgan fingerprint density at radius 3 is 2.27 bits per heavy atom. The number of phenols is 1. The van der Waals surface area contributed by atoms with Crippen LogP contribution in [0.3, 0.4) is 0 Å². The second-order valence-electron chi connectivity index (χ2n) is 11.7. The first-order valence-electron chi connectivity index (χ1n) is 14.3. The Hall–Kier alpha value is -3.73. The molecule has 2 saturated heterocycles. The van der Waals surface area contributed by atoms with Crippen LogP contribution in [0.25, 0.3) is 0 Å². The number of halogens is 4. The lowest BCUT2D eigenvalue weighted by Crippen LogP contribution is -2.60. The van der Waals surface area contributed by atoms with E-state index in [4.69, 9.17) is 23.2 Å². The van der Waals surface area contributed by atoms with Gasteiger partial charge in [0, 0.05) is 22.9 Å². The number of benzene rings is 3. The van der Waals surface area contributed by atoms with Crippen LogP contribution in [0.15, 0.2) is 84.4 Å². The largest absolute Gasteiger partial charge is 0.505 e. The van der Waals surface area contributed by atoms with Crippen molar-refractivity contribution in [3.8, 4) is 5.75 Å². The van der Waals surface area contributed by atoms with Crippen molar-refractivity contribution in [3.63, 3.8) is 0 Å². The molecule has 0 bridgehead atoms. The highest BCUT2D eigenvalue weighted by atomic mass is 79.9. The van der Waals surface area contributed by atoms with Gasteiger partial charge in [-0.05, 0) is 61.2 Å². The van der Waals surface area contributed by atoms with Gasteiger partial charge in [0.2, 0.25) is 11.8 Å². The highest BCUT2D eigenvalue weighted by molar-refractivity contribution is 9.09. The van der Waals surface area contributed by atoms with Crippen molar-refractivity contribution < 1.29 is 28.7 Å². The van der Waals surface area contributed by atoms with Crippen LogP contribution >= 0.6 is 39.1 Å². The third kappa shape index (κ3) is 4.15. The van der Waals surface area contributed by atoms with E-state index in [-0.39, 0.29) is 23.9 Å². The van der Waals surface area contributed by atoms with Gasteiger partial charge in [0.1, 0.15) is 0 Å². The Kier molecular flexibility index (Phi) is 7.11. The molecule has 0 unspecified atom stereocenters. The zero-order valence-corrected chi connectivity index (χ0v) is 26.5. The maximum absolute atomic E-state index is 14.7. The molecular weight excluding hydrogens is 688 g/mol. The molecule has 1 saturated carbocycles. The smallest absolute Gasteiger partial charge is 0.254 e. The fourth-order valence-electron chi connectivity index (χ4n) is 7.50. The number of alkyl halides is 3. The molecule has 0 aromatic heterocycles. The number of para-hydroxylation sites is 2. The lowest BCUT2D eigenvalue weighted by Gasteiger charge is -2.50. The number of phenolic OH excluding ortho intramolecular Hbond substituents is 1. The van der Waals surface area contributed by atoms with Crippen molar-refractivity contribution in [2.24, 2.45) is 17.8 Å². The van der Waals surface area contributed by atoms with Crippen LogP contribution in [0, 0.1) is 23.6 Å². The summed E-state index contributed by atoms with van der Waals surface area (Å²) < 4.78 is 14.7. The quantitative estimate of drug-likeness (QED) is 0.142. The minimum absolute atomic E-state index is 0.0304. The molecule has 3 aromatic rings. The standard InChI is InChI=1S/C33H25BrCl2FN3O5/c34-16-39-30(44)32(35)15-23-20(26(33(32,36)31(39)45)22-7-4-8-24(37)27(22)41)13-14-21-25(23)29(43)40(28(21)42)19-11-9-18(10-12-19)38-17-5-2-1-3-6-17/h1-13,21,23,25-26,38,41H,14-16H2/t21-,23+,25-,26+,32+,33-/m0/s1. The number of nitrogens with one attached hydrogen (secondary N) is 1. The molecule has 0 radical (unpaired) electrons. The number of likely N-dealkylation sites (tertiary alicyclic amines) is 1. The van der Waals surface area contributed by atoms with Crippen LogP contribution in [0.1, 0.15) is 24.3 Å². The van der Waals surface area contributed by atoms with Gasteiger partial charge in [0.25, 0.3) is 11.8 Å². The van der Waals surface area contributed by atoms with Crippen LogP contribution in [0.4, 0.5) is 21.5 Å². The summed E-state index contributed by atoms with van der Waals surface area (Å²) in [6.45, 7) is 0. The summed E-state index contributed by atoms with van der Waals surface area (Å²) in [6, 6.07) is 20.3. The number of allylic oxidation sites excluding steroid dienone is 2. The molecule has 0 spiro atoms. The number of aromatic hydroxyl groups is 1. The normalized spacial score (nSPS) is 30.6. The maximum atomic E-state index is 14.7. The number of carbonyl (C=O) groups excluding carboxylic acids is 4. The number of nitrogens with zero attached hydrogens (tertiary/aromatic N) is 2. The molecule has 230 valence electrons. The van der Waals surface area contributed by atoms with Gasteiger partial charge in [-0.3, -0.25) is 29.0 Å². The van der Waals surface area contributed by atoms with Crippen molar-refractivity contribution >= 4 is 79.8 Å². The van der Waals surface area contributed by atoms with Gasteiger partial charge >= 0.3 is 0 Å². The van der Waals surface area contributed by atoms with E-state index in [0.717, 1.165) is 27.2 Å². The Balaban J connectivity index is 1.29. The highest BCUT2D eigenvalue weighted by Crippen LogP contribution is 2.66. The van der Waals surface area contributed by atoms with E-state index in [9.17, 15) is 28.7 Å². The maximum Gasteiger partial charge on any atom is 0.254 e. The molecule has 8 nitrogen and oxygen atoms in total. The molecule has 45 heavy (non-hydrogen) atoms. The number of hydrogen-bond donors (Lipinski definition) is 2. The number of hydrogen-bond acceptors (Lipinski definition) is 6. The van der Waals surface area contributed by atoms with E-state index in [2.05, 4.69) is 21.2 Å². The molecule has 7 rings (SSSR count). The van der Waals surface area contributed by atoms with E-state index in [1.54, 1.807) is 30.3 Å². The van der Waals surface area contributed by atoms with Gasteiger partial charge in [-0.2, -0.15) is 0 Å². The number of fused-ring (bicyclic) bond motifs is 4. The Labute approximate surface area is 275 Å². The monoisotopic (exact) mass is 711 g/mol.